The number of nitrogens with zero attached hydrogens (tertiary/aromatic N) is 3. The third-order valence-electron chi connectivity index (χ3n) is 4.33. The van der Waals surface area contributed by atoms with Gasteiger partial charge in [0.2, 0.25) is 0 Å². The van der Waals surface area contributed by atoms with Gasteiger partial charge in [-0.15, -0.1) is 11.3 Å². The number of carbonyl (C=O) groups excluding carboxylic acids is 1. The maximum absolute atomic E-state index is 12.7. The molecule has 0 aliphatic rings. The fourth-order valence-electron chi connectivity index (χ4n) is 2.92. The Morgan fingerprint density at radius 1 is 1.28 bits per heavy atom. The number of ether oxygens (including phenoxy) is 1. The molecule has 0 unspecified atom stereocenters. The predicted octanol–water partition coefficient (Wildman–Crippen LogP) is 4.16. The molecular weight excluding hydrogens is 394 g/mol. The largest absolute Gasteiger partial charge is 0.496 e. The molecule has 10 heteroatoms. The van der Waals surface area contributed by atoms with Crippen molar-refractivity contribution in [3.8, 4) is 17.0 Å². The molecule has 0 radical (unpaired) electrons. The van der Waals surface area contributed by atoms with Gasteiger partial charge in [0.15, 0.2) is 10.8 Å². The van der Waals surface area contributed by atoms with Crippen LogP contribution >= 0.6 is 11.3 Å². The first kappa shape index (κ1) is 18.6. The van der Waals surface area contributed by atoms with Crippen molar-refractivity contribution in [2.24, 2.45) is 0 Å². The average Bonchev–Trinajstić information content (AvgIpc) is 3.34. The molecule has 0 fully saturated rings. The van der Waals surface area contributed by atoms with Crippen LogP contribution < -0.4 is 10.1 Å². The zero-order valence-electron chi connectivity index (χ0n) is 15.4. The van der Waals surface area contributed by atoms with E-state index in [0.29, 0.717) is 27.5 Å². The summed E-state index contributed by atoms with van der Waals surface area (Å²) in [7, 11) is 1.59. The van der Waals surface area contributed by atoms with Gasteiger partial charge in [-0.1, -0.05) is 11.6 Å². The molecule has 2 N–H and O–H groups in total. The molecule has 2 aromatic carbocycles. The van der Waals surface area contributed by atoms with Gasteiger partial charge >= 0.3 is 0 Å². The molecule has 0 spiro atoms. The first-order valence-electron chi connectivity index (χ1n) is 8.50. The van der Waals surface area contributed by atoms with Gasteiger partial charge in [-0.05, 0) is 25.1 Å². The Hall–Kier alpha value is -3.79. The number of aryl methyl sites for hydroxylation is 1. The minimum absolute atomic E-state index is 0.0635. The average molecular weight is 409 g/mol. The van der Waals surface area contributed by atoms with Crippen LogP contribution in [0.25, 0.3) is 22.2 Å². The number of non-ortho nitro benzene ring substituents is 1. The summed E-state index contributed by atoms with van der Waals surface area (Å²) >= 11 is 1.26. The van der Waals surface area contributed by atoms with Crippen LogP contribution in [-0.4, -0.2) is 33.1 Å². The predicted molar refractivity (Wildman–Crippen MR) is 110 cm³/mol. The van der Waals surface area contributed by atoms with Crippen molar-refractivity contribution in [3.05, 3.63) is 63.1 Å². The van der Waals surface area contributed by atoms with Crippen molar-refractivity contribution in [1.82, 2.24) is 15.2 Å². The molecule has 0 atom stereocenters. The van der Waals surface area contributed by atoms with Crippen LogP contribution in [0.2, 0.25) is 0 Å². The maximum atomic E-state index is 12.7. The van der Waals surface area contributed by atoms with E-state index in [-0.39, 0.29) is 11.4 Å². The third kappa shape index (κ3) is 3.52. The number of nitrogens with one attached hydrogen (secondary N) is 2. The number of anilines is 1. The van der Waals surface area contributed by atoms with E-state index in [2.05, 4.69) is 20.5 Å². The zero-order chi connectivity index (χ0) is 20.5. The van der Waals surface area contributed by atoms with Crippen LogP contribution in [0.5, 0.6) is 5.75 Å². The summed E-state index contributed by atoms with van der Waals surface area (Å²) < 4.78 is 5.39. The lowest BCUT2D eigenvalue weighted by Gasteiger charge is -2.07. The van der Waals surface area contributed by atoms with E-state index in [1.807, 2.05) is 30.5 Å². The Morgan fingerprint density at radius 2 is 2.10 bits per heavy atom. The van der Waals surface area contributed by atoms with Gasteiger partial charge in [-0.2, -0.15) is 5.10 Å². The maximum Gasteiger partial charge on any atom is 0.278 e. The number of H-pyrrole nitrogens is 1. The van der Waals surface area contributed by atoms with Gasteiger partial charge in [-0.25, -0.2) is 4.98 Å². The summed E-state index contributed by atoms with van der Waals surface area (Å²) in [6.07, 6.45) is 0. The van der Waals surface area contributed by atoms with Crippen molar-refractivity contribution in [2.75, 3.05) is 12.4 Å². The van der Waals surface area contributed by atoms with Gasteiger partial charge < -0.3 is 4.74 Å². The lowest BCUT2D eigenvalue weighted by atomic mass is 10.1. The fraction of sp³-hybridized carbons (Fsp3) is 0.105. The second-order valence-electron chi connectivity index (χ2n) is 6.25. The number of fused-ring (bicyclic) bond motifs is 1. The highest BCUT2D eigenvalue weighted by molar-refractivity contribution is 7.14. The first-order chi connectivity index (χ1) is 14.0. The van der Waals surface area contributed by atoms with E-state index in [4.69, 9.17) is 4.74 Å². The van der Waals surface area contributed by atoms with Gasteiger partial charge in [0.05, 0.1) is 23.2 Å². The molecule has 2 aromatic heterocycles. The van der Waals surface area contributed by atoms with E-state index < -0.39 is 10.8 Å². The SMILES string of the molecule is COc1ccc(C)cc1-c1csc(NC(=O)c2n[nH]c3ccc([N+](=O)[O-])cc23)n1. The van der Waals surface area contributed by atoms with Gasteiger partial charge in [0, 0.05) is 28.5 Å². The molecule has 0 aliphatic carbocycles. The monoisotopic (exact) mass is 409 g/mol. The summed E-state index contributed by atoms with van der Waals surface area (Å²) in [5.74, 6) is 0.179. The van der Waals surface area contributed by atoms with Gasteiger partial charge in [-0.3, -0.25) is 25.3 Å². The summed E-state index contributed by atoms with van der Waals surface area (Å²) in [5, 5.41) is 23.0. The first-order valence-corrected chi connectivity index (χ1v) is 9.38. The summed E-state index contributed by atoms with van der Waals surface area (Å²) in [6, 6.07) is 9.95. The Kier molecular flexibility index (Phi) is 4.69. The minimum atomic E-state index is -0.517. The molecule has 146 valence electrons. The number of rotatable bonds is 5. The van der Waals surface area contributed by atoms with Crippen LogP contribution in [-0.2, 0) is 0 Å². The topological polar surface area (TPSA) is 123 Å². The zero-order valence-corrected chi connectivity index (χ0v) is 16.2. The normalized spacial score (nSPS) is 10.8. The number of carbonyl (C=O) groups is 1. The van der Waals surface area contributed by atoms with E-state index in [9.17, 15) is 14.9 Å². The summed E-state index contributed by atoms with van der Waals surface area (Å²) in [4.78, 5) is 27.6. The standard InChI is InChI=1S/C19H15N5O4S/c1-10-3-6-16(28-2)12(7-10)15-9-29-19(20-15)21-18(25)17-13-8-11(24(26)27)4-5-14(13)22-23-17/h3-9H,1-2H3,(H,22,23)(H,20,21,25). The second-order valence-corrected chi connectivity index (χ2v) is 7.11. The highest BCUT2D eigenvalue weighted by Gasteiger charge is 2.19. The smallest absolute Gasteiger partial charge is 0.278 e. The Balaban J connectivity index is 1.62. The lowest BCUT2D eigenvalue weighted by molar-refractivity contribution is -0.384. The number of amides is 1. The highest BCUT2D eigenvalue weighted by atomic mass is 32.1. The van der Waals surface area contributed by atoms with E-state index >= 15 is 0 Å². The van der Waals surface area contributed by atoms with E-state index in [1.165, 1.54) is 29.5 Å². The second kappa shape index (κ2) is 7.32. The molecule has 9 nitrogen and oxygen atoms in total. The Bertz CT molecular complexity index is 1250. The van der Waals surface area contributed by atoms with E-state index in [0.717, 1.165) is 11.1 Å². The van der Waals surface area contributed by atoms with E-state index in [1.54, 1.807) is 7.11 Å². The Morgan fingerprint density at radius 3 is 2.86 bits per heavy atom. The number of methoxy groups -OCH3 is 1. The molecule has 0 aliphatic heterocycles. The van der Waals surface area contributed by atoms with Crippen LogP contribution in [0.15, 0.2) is 41.8 Å². The van der Waals surface area contributed by atoms with Crippen molar-refractivity contribution in [1.29, 1.82) is 0 Å². The van der Waals surface area contributed by atoms with Gasteiger partial charge in [0.25, 0.3) is 11.6 Å². The van der Waals surface area contributed by atoms with Crippen LogP contribution in [0.4, 0.5) is 10.8 Å². The number of nitro groups is 1. The number of hydrogen-bond donors (Lipinski definition) is 2. The van der Waals surface area contributed by atoms with Gasteiger partial charge in [0.1, 0.15) is 5.75 Å². The molecule has 0 bridgehead atoms. The molecule has 4 aromatic rings. The number of aromatic amines is 1. The van der Waals surface area contributed by atoms with Crippen LogP contribution in [0.3, 0.4) is 0 Å². The summed E-state index contributed by atoms with van der Waals surface area (Å²) in [6.45, 7) is 1.97. The van der Waals surface area contributed by atoms with Crippen molar-refractivity contribution >= 4 is 39.0 Å². The number of nitro benzene ring substituents is 1. The highest BCUT2D eigenvalue weighted by Crippen LogP contribution is 2.33. The molecule has 0 saturated heterocycles. The third-order valence-corrected chi connectivity index (χ3v) is 5.09. The van der Waals surface area contributed by atoms with Crippen molar-refractivity contribution in [2.45, 2.75) is 6.92 Å². The molecule has 0 saturated carbocycles. The molecule has 2 heterocycles. The summed E-state index contributed by atoms with van der Waals surface area (Å²) in [5.41, 5.74) is 3.04. The molecule has 1 amide bonds. The van der Waals surface area contributed by atoms with Crippen LogP contribution in [0.1, 0.15) is 16.1 Å². The molecule has 29 heavy (non-hydrogen) atoms. The quantitative estimate of drug-likeness (QED) is 0.377. The number of hydrogen-bond acceptors (Lipinski definition) is 7. The molecular formula is C19H15N5O4S. The Labute approximate surface area is 168 Å². The van der Waals surface area contributed by atoms with Crippen LogP contribution in [0, 0.1) is 17.0 Å². The number of benzene rings is 2. The number of thiazole rings is 1. The minimum Gasteiger partial charge on any atom is -0.496 e. The van der Waals surface area contributed by atoms with Crippen molar-refractivity contribution < 1.29 is 14.5 Å². The fourth-order valence-corrected chi connectivity index (χ4v) is 3.63. The van der Waals surface area contributed by atoms with Crippen molar-refractivity contribution in [3.63, 3.8) is 0 Å². The number of aromatic nitrogens is 3. The molecule has 4 rings (SSSR count). The lowest BCUT2D eigenvalue weighted by Crippen LogP contribution is -2.12.